The number of hydrogen-bond donors (Lipinski definition) is 1. The molecule has 2 amide bonds. The predicted molar refractivity (Wildman–Crippen MR) is 145 cm³/mol. The summed E-state index contributed by atoms with van der Waals surface area (Å²) < 4.78 is 47.6. The van der Waals surface area contributed by atoms with E-state index >= 15 is 0 Å². The van der Waals surface area contributed by atoms with E-state index in [4.69, 9.17) is 4.74 Å². The Kier molecular flexibility index (Phi) is 8.73. The summed E-state index contributed by atoms with van der Waals surface area (Å²) >= 11 is 0. The molecule has 2 aliphatic rings. The number of amides is 2. The fourth-order valence-corrected chi connectivity index (χ4v) is 6.78. The average molecular weight is 559 g/mol. The highest BCUT2D eigenvalue weighted by Crippen LogP contribution is 2.33. The normalized spacial score (nSPS) is 21.2. The van der Waals surface area contributed by atoms with E-state index in [1.807, 2.05) is 18.7 Å². The molecule has 11 heteroatoms. The van der Waals surface area contributed by atoms with Crippen LogP contribution in [-0.4, -0.2) is 79.9 Å². The van der Waals surface area contributed by atoms with E-state index in [2.05, 4.69) is 5.32 Å². The number of carbonyl (C=O) groups excluding carboxylic acids is 2. The zero-order valence-electron chi connectivity index (χ0n) is 22.7. The van der Waals surface area contributed by atoms with Gasteiger partial charge in [0.15, 0.2) is 0 Å². The second-order valence-electron chi connectivity index (χ2n) is 9.78. The van der Waals surface area contributed by atoms with Crippen molar-refractivity contribution >= 4 is 22.0 Å². The Hall–Kier alpha value is -3.28. The van der Waals surface area contributed by atoms with E-state index in [1.54, 1.807) is 44.2 Å². The molecule has 0 bridgehead atoms. The van der Waals surface area contributed by atoms with Gasteiger partial charge >= 0.3 is 12.0 Å². The van der Waals surface area contributed by atoms with Crippen LogP contribution in [0.15, 0.2) is 64.7 Å². The molecule has 9 nitrogen and oxygen atoms in total. The van der Waals surface area contributed by atoms with Crippen LogP contribution >= 0.6 is 0 Å². The number of urea groups is 1. The smallest absolute Gasteiger partial charge is 0.338 e. The summed E-state index contributed by atoms with van der Waals surface area (Å²) in [6.45, 7) is 8.97. The quantitative estimate of drug-likeness (QED) is 0.499. The van der Waals surface area contributed by atoms with E-state index in [1.165, 1.54) is 27.4 Å². The minimum Gasteiger partial charge on any atom is -0.463 e. The lowest BCUT2D eigenvalue weighted by molar-refractivity contribution is -0.139. The molecule has 0 radical (unpaired) electrons. The van der Waals surface area contributed by atoms with Gasteiger partial charge in [-0.15, -0.1) is 0 Å². The summed E-state index contributed by atoms with van der Waals surface area (Å²) in [4.78, 5) is 30.2. The summed E-state index contributed by atoms with van der Waals surface area (Å²) in [6.07, 6.45) is 0. The topological polar surface area (TPSA) is 99.3 Å². The number of ether oxygens (including phenoxy) is 1. The molecule has 1 saturated heterocycles. The number of halogens is 1. The highest BCUT2D eigenvalue weighted by Gasteiger charge is 2.40. The average Bonchev–Trinajstić information content (AvgIpc) is 2.89. The number of esters is 1. The monoisotopic (exact) mass is 558 g/mol. The lowest BCUT2D eigenvalue weighted by Gasteiger charge is -2.42. The minimum atomic E-state index is -3.68. The molecule has 210 valence electrons. The van der Waals surface area contributed by atoms with Crippen molar-refractivity contribution in [3.8, 4) is 0 Å². The number of likely N-dealkylation sites (N-methyl/N-ethyl adjacent to an activating group) is 1. The van der Waals surface area contributed by atoms with Crippen molar-refractivity contribution in [3.05, 3.63) is 76.7 Å². The third-order valence-electron chi connectivity index (χ3n) is 7.08. The maximum Gasteiger partial charge on any atom is 0.338 e. The van der Waals surface area contributed by atoms with E-state index in [9.17, 15) is 22.4 Å². The first-order valence-corrected chi connectivity index (χ1v) is 14.5. The van der Waals surface area contributed by atoms with E-state index in [0.29, 0.717) is 30.9 Å². The van der Waals surface area contributed by atoms with Crippen LogP contribution in [0.5, 0.6) is 0 Å². The fourth-order valence-electron chi connectivity index (χ4n) is 5.17. The van der Waals surface area contributed by atoms with E-state index in [0.717, 1.165) is 5.56 Å². The van der Waals surface area contributed by atoms with Gasteiger partial charge in [-0.2, -0.15) is 4.31 Å². The molecule has 1 N–H and O–H groups in total. The molecule has 0 spiro atoms. The first-order chi connectivity index (χ1) is 18.6. The number of rotatable bonds is 8. The maximum atomic E-state index is 14.1. The van der Waals surface area contributed by atoms with Crippen molar-refractivity contribution in [2.75, 3.05) is 39.3 Å². The zero-order valence-corrected chi connectivity index (χ0v) is 23.5. The first kappa shape index (κ1) is 28.7. The minimum absolute atomic E-state index is 0.137. The van der Waals surface area contributed by atoms with Crippen LogP contribution in [0.4, 0.5) is 9.18 Å². The molecule has 2 heterocycles. The first-order valence-electron chi connectivity index (χ1n) is 13.1. The molecule has 0 saturated carbocycles. The van der Waals surface area contributed by atoms with Gasteiger partial charge in [0, 0.05) is 44.5 Å². The molecule has 39 heavy (non-hydrogen) atoms. The summed E-state index contributed by atoms with van der Waals surface area (Å²) in [5, 5.41) is 2.83. The van der Waals surface area contributed by atoms with Crippen LogP contribution in [0.2, 0.25) is 0 Å². The number of nitrogens with one attached hydrogen (secondary N) is 1. The number of piperazine rings is 1. The lowest BCUT2D eigenvalue weighted by atomic mass is 9.94. The van der Waals surface area contributed by atoms with Crippen molar-refractivity contribution in [2.45, 2.75) is 44.7 Å². The van der Waals surface area contributed by atoms with E-state index in [-0.39, 0.29) is 36.2 Å². The molecule has 0 aromatic heterocycles. The van der Waals surface area contributed by atoms with Gasteiger partial charge in [-0.1, -0.05) is 29.8 Å². The molecule has 2 aliphatic heterocycles. The number of hydrogen-bond acceptors (Lipinski definition) is 6. The molecule has 0 aliphatic carbocycles. The number of carbonyl (C=O) groups is 2. The van der Waals surface area contributed by atoms with Gasteiger partial charge in [0.05, 0.1) is 23.1 Å². The van der Waals surface area contributed by atoms with Crippen LogP contribution in [0.1, 0.15) is 37.9 Å². The summed E-state index contributed by atoms with van der Waals surface area (Å²) in [7, 11) is -3.68. The molecule has 2 aromatic carbocycles. The molecule has 0 unspecified atom stereocenters. The van der Waals surface area contributed by atoms with Gasteiger partial charge in [0.2, 0.25) is 10.0 Å². The Morgan fingerprint density at radius 2 is 1.85 bits per heavy atom. The number of sulfonamides is 1. The summed E-state index contributed by atoms with van der Waals surface area (Å²) in [5.74, 6) is -1.07. The Bertz CT molecular complexity index is 1360. The van der Waals surface area contributed by atoms with Crippen LogP contribution in [-0.2, 0) is 19.6 Å². The summed E-state index contributed by atoms with van der Waals surface area (Å²) in [6, 6.07) is 10.9. The zero-order chi connectivity index (χ0) is 28.3. The van der Waals surface area contributed by atoms with Gasteiger partial charge in [0.25, 0.3) is 0 Å². The van der Waals surface area contributed by atoms with Crippen LogP contribution in [0.3, 0.4) is 0 Å². The van der Waals surface area contributed by atoms with Crippen molar-refractivity contribution in [1.82, 2.24) is 19.4 Å². The number of aryl methyl sites for hydroxylation is 1. The standard InChI is InChI=1S/C28H35FN4O5S/c1-5-32-24(25(27(34)38-6-2)26(30-28(32)35)21-8-7-9-22(29)16-21)18-31-14-15-33(20(4)17-31)39(36,37)23-12-10-19(3)11-13-23/h7-13,16,20,26H,5-6,14-15,17-18H2,1-4H3,(H,30,35)/t20-,26-/m0/s1. The number of nitrogens with zero attached hydrogens (tertiary/aromatic N) is 3. The molecule has 2 aromatic rings. The SMILES string of the molecule is CCOC(=O)C1=C(CN2CCN(S(=O)(=O)c3ccc(C)cc3)[C@@H](C)C2)N(CC)C(=O)N[C@H]1c1cccc(F)c1. The highest BCUT2D eigenvalue weighted by atomic mass is 32.2. The van der Waals surface area contributed by atoms with Crippen LogP contribution < -0.4 is 5.32 Å². The van der Waals surface area contributed by atoms with Gasteiger partial charge in [-0.3, -0.25) is 9.80 Å². The summed E-state index contributed by atoms with van der Waals surface area (Å²) in [5.41, 5.74) is 2.12. The predicted octanol–water partition coefficient (Wildman–Crippen LogP) is 3.43. The molecular weight excluding hydrogens is 523 g/mol. The number of benzene rings is 2. The highest BCUT2D eigenvalue weighted by molar-refractivity contribution is 7.89. The Morgan fingerprint density at radius 1 is 1.13 bits per heavy atom. The van der Waals surface area contributed by atoms with Gasteiger partial charge in [-0.25, -0.2) is 22.4 Å². The van der Waals surface area contributed by atoms with Crippen LogP contribution in [0, 0.1) is 12.7 Å². The van der Waals surface area contributed by atoms with E-state index < -0.39 is 33.9 Å². The Morgan fingerprint density at radius 3 is 2.46 bits per heavy atom. The Balaban J connectivity index is 1.65. The van der Waals surface area contributed by atoms with Crippen molar-refractivity contribution < 1.29 is 27.1 Å². The largest absolute Gasteiger partial charge is 0.463 e. The van der Waals surface area contributed by atoms with Gasteiger partial charge in [-0.05, 0) is 57.5 Å². The van der Waals surface area contributed by atoms with Gasteiger partial charge < -0.3 is 10.1 Å². The molecule has 4 rings (SSSR count). The maximum absolute atomic E-state index is 14.1. The van der Waals surface area contributed by atoms with Crippen molar-refractivity contribution in [2.24, 2.45) is 0 Å². The fraction of sp³-hybridized carbons (Fsp3) is 0.429. The molecule has 1 fully saturated rings. The molecular formula is C28H35FN4O5S. The lowest BCUT2D eigenvalue weighted by Crippen LogP contribution is -2.56. The third kappa shape index (κ3) is 6.00. The third-order valence-corrected chi connectivity index (χ3v) is 9.11. The molecule has 2 atom stereocenters. The van der Waals surface area contributed by atoms with Crippen molar-refractivity contribution in [1.29, 1.82) is 0 Å². The van der Waals surface area contributed by atoms with Crippen molar-refractivity contribution in [3.63, 3.8) is 0 Å². The second-order valence-corrected chi connectivity index (χ2v) is 11.7. The van der Waals surface area contributed by atoms with Crippen LogP contribution in [0.25, 0.3) is 0 Å². The Labute approximate surface area is 229 Å². The van der Waals surface area contributed by atoms with Gasteiger partial charge in [0.1, 0.15) is 5.82 Å². The second kappa shape index (κ2) is 11.8.